The van der Waals surface area contributed by atoms with Gasteiger partial charge in [0.2, 0.25) is 9.84 Å². The fourth-order valence-corrected chi connectivity index (χ4v) is 4.04. The third-order valence-electron chi connectivity index (χ3n) is 3.71. The molecule has 2 atom stereocenters. The van der Waals surface area contributed by atoms with E-state index in [0.29, 0.717) is 6.42 Å². The summed E-state index contributed by atoms with van der Waals surface area (Å²) in [5.41, 5.74) is 2.05. The average Bonchev–Trinajstić information content (AvgIpc) is 2.98. The zero-order chi connectivity index (χ0) is 15.6. The summed E-state index contributed by atoms with van der Waals surface area (Å²) in [5, 5.41) is -0.893. The van der Waals surface area contributed by atoms with Crippen LogP contribution in [0.1, 0.15) is 11.1 Å². The molecule has 0 N–H and O–H groups in total. The topological polar surface area (TPSA) is 55.7 Å². The maximum absolute atomic E-state index is 12.8. The average molecular weight is 315 g/mol. The van der Waals surface area contributed by atoms with Gasteiger partial charge in [-0.25, -0.2) is 13.4 Å². The second kappa shape index (κ2) is 5.93. The van der Waals surface area contributed by atoms with E-state index in [1.54, 1.807) is 24.3 Å². The highest BCUT2D eigenvalue weighted by molar-refractivity contribution is 7.92. The second-order valence-electron chi connectivity index (χ2n) is 5.37. The van der Waals surface area contributed by atoms with Gasteiger partial charge in [-0.05, 0) is 24.6 Å². The number of nitrogens with zero attached hydrogens (tertiary/aromatic N) is 1. The van der Waals surface area contributed by atoms with Crippen LogP contribution in [0.15, 0.2) is 64.5 Å². The maximum Gasteiger partial charge on any atom is 0.205 e. The summed E-state index contributed by atoms with van der Waals surface area (Å²) in [4.78, 5) is 4.33. The van der Waals surface area contributed by atoms with Crippen LogP contribution in [-0.2, 0) is 21.0 Å². The number of sulfone groups is 1. The summed E-state index contributed by atoms with van der Waals surface area (Å²) in [6.45, 7) is 1.92. The molecule has 0 saturated carbocycles. The van der Waals surface area contributed by atoms with Gasteiger partial charge in [0.05, 0.1) is 4.90 Å². The van der Waals surface area contributed by atoms with Crippen LogP contribution in [0.25, 0.3) is 0 Å². The molecule has 114 valence electrons. The van der Waals surface area contributed by atoms with Crippen molar-refractivity contribution in [3.05, 3.63) is 65.7 Å². The van der Waals surface area contributed by atoms with Crippen molar-refractivity contribution in [2.45, 2.75) is 29.7 Å². The standard InChI is InChI=1S/C17H17NO3S/c1-13-7-9-15(10-8-13)22(19,20)17-16(21-12-18-17)11-14-5-3-2-4-6-14/h2-10,12,16-17H,11H2,1H3/t16-,17-/m0/s1. The molecule has 0 radical (unpaired) electrons. The number of aliphatic imine (C=N–C) groups is 1. The minimum atomic E-state index is -3.55. The van der Waals surface area contributed by atoms with E-state index in [1.165, 1.54) is 6.40 Å². The number of aryl methyl sites for hydroxylation is 1. The van der Waals surface area contributed by atoms with Crippen LogP contribution in [0.5, 0.6) is 0 Å². The Hall–Kier alpha value is -2.14. The molecule has 4 nitrogen and oxygen atoms in total. The molecular formula is C17H17NO3S. The van der Waals surface area contributed by atoms with Crippen molar-refractivity contribution < 1.29 is 13.2 Å². The van der Waals surface area contributed by atoms with Crippen molar-refractivity contribution in [3.63, 3.8) is 0 Å². The quantitative estimate of drug-likeness (QED) is 0.872. The largest absolute Gasteiger partial charge is 0.477 e. The van der Waals surface area contributed by atoms with E-state index in [1.807, 2.05) is 37.3 Å². The second-order valence-corrected chi connectivity index (χ2v) is 7.41. The first-order valence-electron chi connectivity index (χ1n) is 7.09. The van der Waals surface area contributed by atoms with Crippen LogP contribution in [0, 0.1) is 6.92 Å². The summed E-state index contributed by atoms with van der Waals surface area (Å²) in [7, 11) is -3.55. The molecule has 0 fully saturated rings. The number of hydrogen-bond acceptors (Lipinski definition) is 4. The fraction of sp³-hybridized carbons (Fsp3) is 0.235. The maximum atomic E-state index is 12.8. The van der Waals surface area contributed by atoms with Gasteiger partial charge in [-0.3, -0.25) is 0 Å². The summed E-state index contributed by atoms with van der Waals surface area (Å²) in [5.74, 6) is 0. The van der Waals surface area contributed by atoms with E-state index in [4.69, 9.17) is 4.74 Å². The summed E-state index contributed by atoms with van der Waals surface area (Å²) in [6.07, 6.45) is 1.27. The molecule has 0 aliphatic carbocycles. The molecule has 2 aromatic carbocycles. The lowest BCUT2D eigenvalue weighted by atomic mass is 10.1. The predicted octanol–water partition coefficient (Wildman–Crippen LogP) is 2.76. The van der Waals surface area contributed by atoms with Gasteiger partial charge in [-0.15, -0.1) is 0 Å². The Morgan fingerprint density at radius 3 is 2.41 bits per heavy atom. The third-order valence-corrected chi connectivity index (χ3v) is 5.70. The fourth-order valence-electron chi connectivity index (χ4n) is 2.48. The molecule has 0 spiro atoms. The lowest BCUT2D eigenvalue weighted by molar-refractivity contribution is 0.222. The summed E-state index contributed by atoms with van der Waals surface area (Å²) >= 11 is 0. The van der Waals surface area contributed by atoms with Gasteiger partial charge < -0.3 is 4.74 Å². The zero-order valence-electron chi connectivity index (χ0n) is 12.2. The Labute approximate surface area is 130 Å². The van der Waals surface area contributed by atoms with Crippen LogP contribution in [0.2, 0.25) is 0 Å². The highest BCUT2D eigenvalue weighted by atomic mass is 32.2. The lowest BCUT2D eigenvalue weighted by Gasteiger charge is -2.18. The van der Waals surface area contributed by atoms with E-state index in [-0.39, 0.29) is 4.90 Å². The molecule has 1 heterocycles. The number of hydrogen-bond donors (Lipinski definition) is 0. The monoisotopic (exact) mass is 315 g/mol. The van der Waals surface area contributed by atoms with Crippen molar-refractivity contribution in [1.29, 1.82) is 0 Å². The molecule has 0 unspecified atom stereocenters. The van der Waals surface area contributed by atoms with Crippen LogP contribution in [-0.4, -0.2) is 26.3 Å². The van der Waals surface area contributed by atoms with Crippen molar-refractivity contribution in [3.8, 4) is 0 Å². The number of rotatable bonds is 4. The van der Waals surface area contributed by atoms with Crippen LogP contribution in [0.3, 0.4) is 0 Å². The zero-order valence-corrected chi connectivity index (χ0v) is 13.0. The Balaban J connectivity index is 1.85. The minimum absolute atomic E-state index is 0.281. The minimum Gasteiger partial charge on any atom is -0.477 e. The van der Waals surface area contributed by atoms with Gasteiger partial charge >= 0.3 is 0 Å². The third kappa shape index (κ3) is 2.90. The van der Waals surface area contributed by atoms with E-state index < -0.39 is 21.3 Å². The van der Waals surface area contributed by atoms with Gasteiger partial charge in [-0.2, -0.15) is 0 Å². The van der Waals surface area contributed by atoms with E-state index in [2.05, 4.69) is 4.99 Å². The normalized spacial score (nSPS) is 20.8. The number of benzene rings is 2. The first kappa shape index (κ1) is 14.8. The first-order valence-corrected chi connectivity index (χ1v) is 8.63. The smallest absolute Gasteiger partial charge is 0.205 e. The van der Waals surface area contributed by atoms with E-state index in [9.17, 15) is 8.42 Å². The Morgan fingerprint density at radius 2 is 1.73 bits per heavy atom. The Morgan fingerprint density at radius 1 is 1.05 bits per heavy atom. The van der Waals surface area contributed by atoms with Gasteiger partial charge in [0.15, 0.2) is 11.8 Å². The SMILES string of the molecule is Cc1ccc(S(=O)(=O)[C@@H]2N=CO[C@H]2Cc2ccccc2)cc1. The summed E-state index contributed by atoms with van der Waals surface area (Å²) < 4.78 is 30.9. The molecule has 0 bridgehead atoms. The molecule has 5 heteroatoms. The molecule has 1 aliphatic heterocycles. The molecule has 3 rings (SSSR count). The molecule has 1 aliphatic rings. The van der Waals surface area contributed by atoms with Gasteiger partial charge in [-0.1, -0.05) is 48.0 Å². The van der Waals surface area contributed by atoms with Crippen molar-refractivity contribution in [1.82, 2.24) is 0 Å². The predicted molar refractivity (Wildman–Crippen MR) is 85.7 cm³/mol. The van der Waals surface area contributed by atoms with Crippen molar-refractivity contribution >= 4 is 16.2 Å². The Kier molecular flexibility index (Phi) is 3.98. The summed E-state index contributed by atoms with van der Waals surface area (Å²) in [6, 6.07) is 16.5. The number of ether oxygens (including phenoxy) is 1. The molecule has 0 saturated heterocycles. The molecule has 22 heavy (non-hydrogen) atoms. The van der Waals surface area contributed by atoms with Crippen molar-refractivity contribution in [2.24, 2.45) is 4.99 Å². The van der Waals surface area contributed by atoms with Gasteiger partial charge in [0.1, 0.15) is 6.10 Å². The van der Waals surface area contributed by atoms with Gasteiger partial charge in [0.25, 0.3) is 0 Å². The van der Waals surface area contributed by atoms with Gasteiger partial charge in [0, 0.05) is 6.42 Å². The Bertz CT molecular complexity index is 767. The molecule has 0 amide bonds. The molecule has 2 aromatic rings. The first-order chi connectivity index (χ1) is 10.6. The highest BCUT2D eigenvalue weighted by Gasteiger charge is 2.38. The molecule has 0 aromatic heterocycles. The lowest BCUT2D eigenvalue weighted by Crippen LogP contribution is -2.32. The van der Waals surface area contributed by atoms with Crippen LogP contribution < -0.4 is 0 Å². The van der Waals surface area contributed by atoms with Crippen LogP contribution in [0.4, 0.5) is 0 Å². The highest BCUT2D eigenvalue weighted by Crippen LogP contribution is 2.26. The van der Waals surface area contributed by atoms with Crippen molar-refractivity contribution in [2.75, 3.05) is 0 Å². The molecular weight excluding hydrogens is 298 g/mol. The van der Waals surface area contributed by atoms with Crippen LogP contribution >= 0.6 is 0 Å². The van der Waals surface area contributed by atoms with E-state index in [0.717, 1.165) is 11.1 Å². The van der Waals surface area contributed by atoms with E-state index >= 15 is 0 Å².